The maximum absolute atomic E-state index is 5.27. The van der Waals surface area contributed by atoms with E-state index in [0.717, 1.165) is 5.75 Å². The topological polar surface area (TPSA) is 12.5 Å². The van der Waals surface area contributed by atoms with Gasteiger partial charge in [0.15, 0.2) is 0 Å². The second kappa shape index (κ2) is 11.0. The molecule has 0 spiro atoms. The predicted molar refractivity (Wildman–Crippen MR) is 98.2 cm³/mol. The van der Waals surface area contributed by atoms with Crippen molar-refractivity contribution in [3.63, 3.8) is 0 Å². The molecule has 1 aliphatic rings. The van der Waals surface area contributed by atoms with Crippen molar-refractivity contribution in [2.75, 3.05) is 38.2 Å². The average Bonchev–Trinajstić information content (AvgIpc) is 2.58. The molecule has 0 bridgehead atoms. The van der Waals surface area contributed by atoms with Gasteiger partial charge in [-0.2, -0.15) is 11.8 Å². The first-order valence-corrected chi connectivity index (χ1v) is 9.97. The van der Waals surface area contributed by atoms with E-state index in [0.29, 0.717) is 0 Å². The molecule has 3 heteroatoms. The molecule has 0 unspecified atom stereocenters. The lowest BCUT2D eigenvalue weighted by Crippen LogP contribution is -2.33. The van der Waals surface area contributed by atoms with Crippen LogP contribution in [0.25, 0.3) is 0 Å². The van der Waals surface area contributed by atoms with Gasteiger partial charge in [0.05, 0.1) is 7.11 Å². The smallest absolute Gasteiger partial charge is 0.119 e. The molecule has 0 radical (unpaired) electrons. The molecule has 1 aromatic carbocycles. The Morgan fingerprint density at radius 2 is 1.73 bits per heavy atom. The van der Waals surface area contributed by atoms with Crippen molar-refractivity contribution in [2.24, 2.45) is 0 Å². The summed E-state index contributed by atoms with van der Waals surface area (Å²) in [6.45, 7) is 3.95. The lowest BCUT2D eigenvalue weighted by Gasteiger charge is -2.25. The first kappa shape index (κ1) is 17.7. The van der Waals surface area contributed by atoms with Crippen molar-refractivity contribution >= 4 is 11.8 Å². The lowest BCUT2D eigenvalue weighted by atomic mass is 10.0. The van der Waals surface area contributed by atoms with Crippen molar-refractivity contribution in [3.05, 3.63) is 29.8 Å². The van der Waals surface area contributed by atoms with Crippen LogP contribution in [-0.2, 0) is 6.42 Å². The van der Waals surface area contributed by atoms with E-state index in [1.54, 1.807) is 7.11 Å². The van der Waals surface area contributed by atoms with Crippen molar-refractivity contribution in [1.29, 1.82) is 0 Å². The molecule has 0 saturated carbocycles. The second-order valence-corrected chi connectivity index (χ2v) is 7.40. The molecule has 2 rings (SSSR count). The average molecular weight is 322 g/mol. The minimum absolute atomic E-state index is 0.980. The largest absolute Gasteiger partial charge is 0.497 e. The first-order valence-electron chi connectivity index (χ1n) is 8.81. The summed E-state index contributed by atoms with van der Waals surface area (Å²) in [5.41, 5.74) is 1.40. The molecule has 1 fully saturated rings. The predicted octanol–water partition coefficient (Wildman–Crippen LogP) is 4.63. The van der Waals surface area contributed by atoms with Crippen molar-refractivity contribution < 1.29 is 4.74 Å². The Bertz CT molecular complexity index is 404. The summed E-state index contributed by atoms with van der Waals surface area (Å²) in [6, 6.07) is 8.48. The summed E-state index contributed by atoms with van der Waals surface area (Å²) in [4.78, 5) is 2.64. The molecular weight excluding hydrogens is 290 g/mol. The van der Waals surface area contributed by atoms with Gasteiger partial charge < -0.3 is 9.64 Å². The summed E-state index contributed by atoms with van der Waals surface area (Å²) in [7, 11) is 1.74. The van der Waals surface area contributed by atoms with Crippen LogP contribution in [0.1, 0.15) is 44.1 Å². The third kappa shape index (κ3) is 7.06. The highest BCUT2D eigenvalue weighted by Crippen LogP contribution is 2.16. The van der Waals surface area contributed by atoms with E-state index in [1.807, 2.05) is 6.07 Å². The highest BCUT2D eigenvalue weighted by molar-refractivity contribution is 7.99. The zero-order chi connectivity index (χ0) is 15.5. The van der Waals surface area contributed by atoms with Gasteiger partial charge in [-0.15, -0.1) is 0 Å². The zero-order valence-corrected chi connectivity index (χ0v) is 14.9. The number of rotatable bonds is 10. The van der Waals surface area contributed by atoms with Crippen LogP contribution in [0, 0.1) is 0 Å². The lowest BCUT2D eigenvalue weighted by molar-refractivity contribution is 0.294. The van der Waals surface area contributed by atoms with Gasteiger partial charge in [0.25, 0.3) is 0 Å². The standard InChI is InChI=1S/C19H31NOS/c1-21-19-11-8-10-18(17-19)9-6-4-2-3-5-7-12-20-13-15-22-16-14-20/h8,10-11,17H,2-7,9,12-16H2,1H3. The number of thioether (sulfide) groups is 1. The molecule has 22 heavy (non-hydrogen) atoms. The van der Waals surface area contributed by atoms with Gasteiger partial charge in [-0.25, -0.2) is 0 Å². The number of benzene rings is 1. The Morgan fingerprint density at radius 3 is 2.50 bits per heavy atom. The molecule has 0 N–H and O–H groups in total. The van der Waals surface area contributed by atoms with Crippen LogP contribution in [0.3, 0.4) is 0 Å². The molecule has 1 aliphatic heterocycles. The van der Waals surface area contributed by atoms with Crippen LogP contribution in [0.4, 0.5) is 0 Å². The van der Waals surface area contributed by atoms with Crippen LogP contribution in [0.5, 0.6) is 5.75 Å². The van der Waals surface area contributed by atoms with Crippen molar-refractivity contribution in [1.82, 2.24) is 4.90 Å². The third-order valence-corrected chi connectivity index (χ3v) is 5.37. The molecule has 1 heterocycles. The molecule has 2 nitrogen and oxygen atoms in total. The van der Waals surface area contributed by atoms with Crippen LogP contribution < -0.4 is 4.74 Å². The summed E-state index contributed by atoms with van der Waals surface area (Å²) >= 11 is 2.10. The molecular formula is C19H31NOS. The maximum Gasteiger partial charge on any atom is 0.119 e. The fraction of sp³-hybridized carbons (Fsp3) is 0.684. The summed E-state index contributed by atoms with van der Waals surface area (Å²) in [5.74, 6) is 3.66. The number of hydrogen-bond donors (Lipinski definition) is 0. The highest BCUT2D eigenvalue weighted by atomic mass is 32.2. The Labute approximate surface area is 140 Å². The SMILES string of the molecule is COc1cccc(CCCCCCCCN2CCSCC2)c1. The molecule has 0 atom stereocenters. The molecule has 0 amide bonds. The normalized spacial score (nSPS) is 15.9. The molecule has 1 aromatic rings. The number of nitrogens with zero attached hydrogens (tertiary/aromatic N) is 1. The Balaban J connectivity index is 1.44. The van der Waals surface area contributed by atoms with Gasteiger partial charge in [-0.05, 0) is 43.5 Å². The molecule has 0 aromatic heterocycles. The van der Waals surface area contributed by atoms with Gasteiger partial charge in [0.1, 0.15) is 5.75 Å². The Morgan fingerprint density at radius 1 is 1.00 bits per heavy atom. The van der Waals surface area contributed by atoms with Crippen LogP contribution in [0.15, 0.2) is 24.3 Å². The Hall–Kier alpha value is -0.670. The van der Waals surface area contributed by atoms with Gasteiger partial charge in [0, 0.05) is 24.6 Å². The van der Waals surface area contributed by atoms with Gasteiger partial charge in [-0.1, -0.05) is 37.8 Å². The van der Waals surface area contributed by atoms with E-state index in [-0.39, 0.29) is 0 Å². The summed E-state index contributed by atoms with van der Waals surface area (Å²) in [6.07, 6.45) is 9.43. The number of ether oxygens (including phenoxy) is 1. The van der Waals surface area contributed by atoms with Gasteiger partial charge in [-0.3, -0.25) is 0 Å². The quantitative estimate of drug-likeness (QED) is 0.583. The van der Waals surface area contributed by atoms with E-state index < -0.39 is 0 Å². The van der Waals surface area contributed by atoms with Crippen LogP contribution in [0.2, 0.25) is 0 Å². The Kier molecular flexibility index (Phi) is 8.81. The van der Waals surface area contributed by atoms with E-state index in [1.165, 1.54) is 81.6 Å². The van der Waals surface area contributed by atoms with Crippen molar-refractivity contribution in [2.45, 2.75) is 44.9 Å². The first-order chi connectivity index (χ1) is 10.9. The van der Waals surface area contributed by atoms with Crippen molar-refractivity contribution in [3.8, 4) is 5.75 Å². The summed E-state index contributed by atoms with van der Waals surface area (Å²) < 4.78 is 5.27. The second-order valence-electron chi connectivity index (χ2n) is 6.18. The fourth-order valence-corrected chi connectivity index (χ4v) is 4.00. The summed E-state index contributed by atoms with van der Waals surface area (Å²) in [5, 5.41) is 0. The van der Waals surface area contributed by atoms with Gasteiger partial charge >= 0.3 is 0 Å². The van der Waals surface area contributed by atoms with E-state index in [4.69, 9.17) is 4.74 Å². The molecule has 124 valence electrons. The minimum Gasteiger partial charge on any atom is -0.497 e. The third-order valence-electron chi connectivity index (χ3n) is 4.43. The van der Waals surface area contributed by atoms with E-state index >= 15 is 0 Å². The van der Waals surface area contributed by atoms with Gasteiger partial charge in [0.2, 0.25) is 0 Å². The highest BCUT2D eigenvalue weighted by Gasteiger charge is 2.08. The number of methoxy groups -OCH3 is 1. The maximum atomic E-state index is 5.27. The molecule has 1 saturated heterocycles. The number of unbranched alkanes of at least 4 members (excludes halogenated alkanes) is 5. The number of aryl methyl sites for hydroxylation is 1. The van der Waals surface area contributed by atoms with Crippen LogP contribution in [-0.4, -0.2) is 43.1 Å². The van der Waals surface area contributed by atoms with E-state index in [2.05, 4.69) is 34.9 Å². The molecule has 0 aliphatic carbocycles. The van der Waals surface area contributed by atoms with E-state index in [9.17, 15) is 0 Å². The zero-order valence-electron chi connectivity index (χ0n) is 14.1. The number of hydrogen-bond acceptors (Lipinski definition) is 3. The fourth-order valence-electron chi connectivity index (χ4n) is 3.02. The van der Waals surface area contributed by atoms with Crippen LogP contribution >= 0.6 is 11.8 Å². The minimum atomic E-state index is 0.980. The monoisotopic (exact) mass is 321 g/mol.